The third-order valence-electron chi connectivity index (χ3n) is 5.67. The maximum Gasteiger partial charge on any atom is 0.0715 e. The van der Waals surface area contributed by atoms with Gasteiger partial charge in [-0.1, -0.05) is 58.0 Å². The summed E-state index contributed by atoms with van der Waals surface area (Å²) in [4.78, 5) is 4.88. The molecule has 0 N–H and O–H groups in total. The van der Waals surface area contributed by atoms with Gasteiger partial charge in [-0.2, -0.15) is 0 Å². The molecule has 2 heterocycles. The van der Waals surface area contributed by atoms with Crippen molar-refractivity contribution in [2.75, 3.05) is 0 Å². The van der Waals surface area contributed by atoms with E-state index in [1.54, 1.807) is 0 Å². The highest BCUT2D eigenvalue weighted by Gasteiger charge is 2.12. The van der Waals surface area contributed by atoms with E-state index in [0.717, 1.165) is 24.1 Å². The van der Waals surface area contributed by atoms with Crippen LogP contribution < -0.4 is 0 Å². The molecule has 0 aliphatic heterocycles. The standard InChI is InChI=1S/C26H28N2/c1-5-19-8-7-9-20(6-2)26(19)24-16-22-14-15-28(25(22)17-27-24)23-12-10-21(11-13-23)18(3)4/h7-18H,5-6H2,1-4H3. The van der Waals surface area contributed by atoms with Crippen LogP contribution in [-0.2, 0) is 12.8 Å². The normalized spacial score (nSPS) is 11.5. The summed E-state index contributed by atoms with van der Waals surface area (Å²) in [6.45, 7) is 8.89. The van der Waals surface area contributed by atoms with Crippen molar-refractivity contribution < 1.29 is 0 Å². The van der Waals surface area contributed by atoms with Crippen LogP contribution in [0.5, 0.6) is 0 Å². The van der Waals surface area contributed by atoms with Crippen LogP contribution in [0.2, 0.25) is 0 Å². The van der Waals surface area contributed by atoms with Crippen LogP contribution >= 0.6 is 0 Å². The molecule has 0 saturated heterocycles. The van der Waals surface area contributed by atoms with Crippen molar-refractivity contribution in [3.8, 4) is 16.9 Å². The maximum atomic E-state index is 4.88. The molecule has 4 aromatic rings. The van der Waals surface area contributed by atoms with E-state index in [9.17, 15) is 0 Å². The van der Waals surface area contributed by atoms with E-state index in [-0.39, 0.29) is 0 Å². The van der Waals surface area contributed by atoms with Gasteiger partial charge in [0.2, 0.25) is 0 Å². The molecule has 142 valence electrons. The average Bonchev–Trinajstić information content (AvgIpc) is 3.16. The third-order valence-corrected chi connectivity index (χ3v) is 5.67. The fourth-order valence-electron chi connectivity index (χ4n) is 3.99. The Balaban J connectivity index is 1.79. The minimum Gasteiger partial charge on any atom is -0.315 e. The molecule has 0 fully saturated rings. The van der Waals surface area contributed by atoms with E-state index < -0.39 is 0 Å². The molecule has 0 amide bonds. The van der Waals surface area contributed by atoms with Crippen LogP contribution in [0.25, 0.3) is 27.8 Å². The fraction of sp³-hybridized carbons (Fsp3) is 0.269. The molecule has 0 bridgehead atoms. The van der Waals surface area contributed by atoms with Crippen molar-refractivity contribution in [3.63, 3.8) is 0 Å². The lowest BCUT2D eigenvalue weighted by Gasteiger charge is -2.13. The van der Waals surface area contributed by atoms with Gasteiger partial charge < -0.3 is 4.57 Å². The number of hydrogen-bond donors (Lipinski definition) is 0. The number of fused-ring (bicyclic) bond motifs is 1. The van der Waals surface area contributed by atoms with Gasteiger partial charge in [-0.05, 0) is 59.7 Å². The molecule has 2 aromatic carbocycles. The molecule has 2 aromatic heterocycles. The summed E-state index contributed by atoms with van der Waals surface area (Å²) in [5, 5.41) is 1.23. The topological polar surface area (TPSA) is 17.8 Å². The van der Waals surface area contributed by atoms with Crippen molar-refractivity contribution in [2.45, 2.75) is 46.5 Å². The van der Waals surface area contributed by atoms with Gasteiger partial charge in [0.15, 0.2) is 0 Å². The Labute approximate surface area is 167 Å². The lowest BCUT2D eigenvalue weighted by Crippen LogP contribution is -1.97. The van der Waals surface area contributed by atoms with Gasteiger partial charge >= 0.3 is 0 Å². The van der Waals surface area contributed by atoms with Crippen molar-refractivity contribution in [1.82, 2.24) is 9.55 Å². The summed E-state index contributed by atoms with van der Waals surface area (Å²) in [5.41, 5.74) is 8.82. The molecule has 4 rings (SSSR count). The molecule has 2 nitrogen and oxygen atoms in total. The predicted molar refractivity (Wildman–Crippen MR) is 119 cm³/mol. The van der Waals surface area contributed by atoms with Crippen molar-refractivity contribution >= 4 is 10.9 Å². The maximum absolute atomic E-state index is 4.88. The molecular formula is C26H28N2. The number of nitrogens with zero attached hydrogens (tertiary/aromatic N) is 2. The first-order chi connectivity index (χ1) is 13.6. The number of rotatable bonds is 5. The minimum absolute atomic E-state index is 0.547. The van der Waals surface area contributed by atoms with E-state index in [0.29, 0.717) is 5.92 Å². The van der Waals surface area contributed by atoms with Crippen LogP contribution in [0, 0.1) is 0 Å². The molecule has 0 unspecified atom stereocenters. The highest BCUT2D eigenvalue weighted by molar-refractivity contribution is 5.86. The summed E-state index contributed by atoms with van der Waals surface area (Å²) < 4.78 is 2.22. The molecule has 28 heavy (non-hydrogen) atoms. The van der Waals surface area contributed by atoms with Crippen molar-refractivity contribution in [3.05, 3.63) is 83.7 Å². The monoisotopic (exact) mass is 368 g/mol. The summed E-state index contributed by atoms with van der Waals surface area (Å²) in [5.74, 6) is 0.547. The number of benzene rings is 2. The van der Waals surface area contributed by atoms with E-state index in [2.05, 4.69) is 93.1 Å². The SMILES string of the molecule is CCc1cccc(CC)c1-c1cc2ccn(-c3ccc(C(C)C)cc3)c2cn1. The number of aryl methyl sites for hydroxylation is 2. The van der Waals surface area contributed by atoms with Gasteiger partial charge in [-0.15, -0.1) is 0 Å². The molecule has 0 radical (unpaired) electrons. The minimum atomic E-state index is 0.547. The molecule has 0 aliphatic rings. The molecule has 0 atom stereocenters. The molecule has 0 aliphatic carbocycles. The highest BCUT2D eigenvalue weighted by Crippen LogP contribution is 2.30. The smallest absolute Gasteiger partial charge is 0.0715 e. The van der Waals surface area contributed by atoms with Crippen LogP contribution in [0.4, 0.5) is 0 Å². The van der Waals surface area contributed by atoms with Gasteiger partial charge in [-0.25, -0.2) is 0 Å². The van der Waals surface area contributed by atoms with Gasteiger partial charge in [0.05, 0.1) is 17.4 Å². The molecule has 0 saturated carbocycles. The van der Waals surface area contributed by atoms with Gasteiger partial charge in [0, 0.05) is 22.8 Å². The second-order valence-corrected chi connectivity index (χ2v) is 7.72. The molecular weight excluding hydrogens is 340 g/mol. The van der Waals surface area contributed by atoms with E-state index >= 15 is 0 Å². The lowest BCUT2D eigenvalue weighted by molar-refractivity contribution is 0.865. The first kappa shape index (κ1) is 18.5. The summed E-state index contributed by atoms with van der Waals surface area (Å²) in [7, 11) is 0. The Morgan fingerprint density at radius 1 is 0.893 bits per heavy atom. The molecule has 2 heteroatoms. The van der Waals surface area contributed by atoms with Crippen LogP contribution in [0.1, 0.15) is 50.3 Å². The quantitative estimate of drug-likeness (QED) is 0.373. The lowest BCUT2D eigenvalue weighted by atomic mass is 9.94. The predicted octanol–water partition coefficient (Wildman–Crippen LogP) is 6.94. The average molecular weight is 369 g/mol. The zero-order valence-electron chi connectivity index (χ0n) is 17.2. The van der Waals surface area contributed by atoms with Gasteiger partial charge in [0.1, 0.15) is 0 Å². The Morgan fingerprint density at radius 3 is 2.18 bits per heavy atom. The van der Waals surface area contributed by atoms with E-state index in [4.69, 9.17) is 4.98 Å². The van der Waals surface area contributed by atoms with Crippen LogP contribution in [-0.4, -0.2) is 9.55 Å². The van der Waals surface area contributed by atoms with Crippen LogP contribution in [0.3, 0.4) is 0 Å². The summed E-state index contributed by atoms with van der Waals surface area (Å²) in [6.07, 6.45) is 6.21. The Bertz CT molecular complexity index is 1080. The largest absolute Gasteiger partial charge is 0.315 e. The number of pyridine rings is 1. The van der Waals surface area contributed by atoms with Crippen molar-refractivity contribution in [2.24, 2.45) is 0 Å². The molecule has 0 spiro atoms. The second kappa shape index (κ2) is 7.63. The summed E-state index contributed by atoms with van der Waals surface area (Å²) in [6, 6.07) is 19.9. The third kappa shape index (κ3) is 3.24. The summed E-state index contributed by atoms with van der Waals surface area (Å²) >= 11 is 0. The second-order valence-electron chi connectivity index (χ2n) is 7.72. The number of hydrogen-bond acceptors (Lipinski definition) is 1. The van der Waals surface area contributed by atoms with Crippen molar-refractivity contribution in [1.29, 1.82) is 0 Å². The first-order valence-electron chi connectivity index (χ1n) is 10.3. The van der Waals surface area contributed by atoms with E-state index in [1.165, 1.54) is 33.3 Å². The zero-order valence-corrected chi connectivity index (χ0v) is 17.2. The fourth-order valence-corrected chi connectivity index (χ4v) is 3.99. The van der Waals surface area contributed by atoms with E-state index in [1.807, 2.05) is 6.20 Å². The Kier molecular flexibility index (Phi) is 5.04. The zero-order chi connectivity index (χ0) is 19.7. The number of aromatic nitrogens is 2. The first-order valence-corrected chi connectivity index (χ1v) is 10.3. The highest BCUT2D eigenvalue weighted by atomic mass is 15.0. The Morgan fingerprint density at radius 2 is 1.57 bits per heavy atom. The van der Waals surface area contributed by atoms with Gasteiger partial charge in [0.25, 0.3) is 0 Å². The van der Waals surface area contributed by atoms with Gasteiger partial charge in [-0.3, -0.25) is 4.98 Å². The van der Waals surface area contributed by atoms with Crippen LogP contribution in [0.15, 0.2) is 67.0 Å². The Hall–Kier alpha value is -2.87.